The van der Waals surface area contributed by atoms with Crippen LogP contribution in [0.1, 0.15) is 18.9 Å². The minimum atomic E-state index is -3.17. The molecule has 0 radical (unpaired) electrons. The Morgan fingerprint density at radius 2 is 2.10 bits per heavy atom. The van der Waals surface area contributed by atoms with Crippen LogP contribution in [0.5, 0.6) is 0 Å². The van der Waals surface area contributed by atoms with Gasteiger partial charge in [0, 0.05) is 31.2 Å². The predicted octanol–water partition coefficient (Wildman–Crippen LogP) is 1.72. The van der Waals surface area contributed by atoms with Gasteiger partial charge in [0.2, 0.25) is 10.0 Å². The number of hydrogen-bond acceptors (Lipinski definition) is 3. The molecule has 0 aliphatic carbocycles. The van der Waals surface area contributed by atoms with Gasteiger partial charge in [0.05, 0.1) is 6.26 Å². The number of sulfonamides is 1. The van der Waals surface area contributed by atoms with Gasteiger partial charge in [-0.1, -0.05) is 6.92 Å². The number of halogens is 2. The lowest BCUT2D eigenvalue weighted by Crippen LogP contribution is -2.49. The predicted molar refractivity (Wildman–Crippen MR) is 77.2 cm³/mol. The largest absolute Gasteiger partial charge is 0.309 e. The van der Waals surface area contributed by atoms with Crippen LogP contribution in [0.2, 0.25) is 0 Å². The molecule has 0 bridgehead atoms. The van der Waals surface area contributed by atoms with Gasteiger partial charge in [-0.05, 0) is 30.5 Å². The van der Waals surface area contributed by atoms with Gasteiger partial charge in [-0.2, -0.15) is 0 Å². The summed E-state index contributed by atoms with van der Waals surface area (Å²) in [4.78, 5) is 0. The molecule has 118 valence electrons. The Labute approximate surface area is 124 Å². The molecule has 4 nitrogen and oxygen atoms in total. The van der Waals surface area contributed by atoms with E-state index in [0.717, 1.165) is 12.1 Å². The van der Waals surface area contributed by atoms with E-state index in [-0.39, 0.29) is 24.1 Å². The summed E-state index contributed by atoms with van der Waals surface area (Å²) < 4.78 is 51.1. The molecule has 1 N–H and O–H groups in total. The van der Waals surface area contributed by atoms with Crippen molar-refractivity contribution in [3.8, 4) is 0 Å². The first-order valence-corrected chi connectivity index (χ1v) is 8.74. The molecule has 0 aromatic heterocycles. The van der Waals surface area contributed by atoms with E-state index in [2.05, 4.69) is 5.32 Å². The highest BCUT2D eigenvalue weighted by Crippen LogP contribution is 2.20. The maximum atomic E-state index is 13.5. The van der Waals surface area contributed by atoms with Crippen molar-refractivity contribution in [3.05, 3.63) is 35.4 Å². The lowest BCUT2D eigenvalue weighted by Gasteiger charge is -2.36. The second kappa shape index (κ2) is 6.37. The first kappa shape index (κ1) is 16.3. The summed E-state index contributed by atoms with van der Waals surface area (Å²) in [7, 11) is -3.17. The minimum absolute atomic E-state index is 0.0886. The van der Waals surface area contributed by atoms with Crippen molar-refractivity contribution in [2.45, 2.75) is 25.9 Å². The van der Waals surface area contributed by atoms with Crippen molar-refractivity contribution in [1.82, 2.24) is 9.62 Å². The third-order valence-corrected chi connectivity index (χ3v) is 5.17. The lowest BCUT2D eigenvalue weighted by atomic mass is 9.95. The van der Waals surface area contributed by atoms with Crippen LogP contribution in [0.3, 0.4) is 0 Å². The number of rotatable bonds is 4. The fourth-order valence-electron chi connectivity index (χ4n) is 2.63. The highest BCUT2D eigenvalue weighted by Gasteiger charge is 2.30. The molecule has 1 aliphatic rings. The lowest BCUT2D eigenvalue weighted by molar-refractivity contribution is 0.219. The Balaban J connectivity index is 1.94. The van der Waals surface area contributed by atoms with Crippen LogP contribution < -0.4 is 5.32 Å². The van der Waals surface area contributed by atoms with Crippen LogP contribution in [-0.4, -0.2) is 38.1 Å². The molecular formula is C14H20F2N2O2S. The maximum Gasteiger partial charge on any atom is 0.211 e. The molecular weight excluding hydrogens is 298 g/mol. The zero-order chi connectivity index (χ0) is 15.6. The SMILES string of the molecule is C[C@H]1CN(S(C)(=O)=O)CC[C@H]1NCc1cc(F)ccc1F. The van der Waals surface area contributed by atoms with Crippen molar-refractivity contribution in [3.63, 3.8) is 0 Å². The quantitative estimate of drug-likeness (QED) is 0.920. The van der Waals surface area contributed by atoms with Crippen LogP contribution in [-0.2, 0) is 16.6 Å². The maximum absolute atomic E-state index is 13.5. The van der Waals surface area contributed by atoms with Crippen LogP contribution >= 0.6 is 0 Å². The number of hydrogen-bond donors (Lipinski definition) is 1. The highest BCUT2D eigenvalue weighted by molar-refractivity contribution is 7.88. The van der Waals surface area contributed by atoms with Crippen LogP contribution in [0, 0.1) is 17.6 Å². The molecule has 0 saturated carbocycles. The molecule has 0 spiro atoms. The standard InChI is InChI=1S/C14H20F2N2O2S/c1-10-9-18(21(2,19)20)6-5-14(10)17-8-11-7-12(15)3-4-13(11)16/h3-4,7,10,14,17H,5-6,8-9H2,1-2H3/t10-,14+/m0/s1. The van der Waals surface area contributed by atoms with Crippen LogP contribution in [0.4, 0.5) is 8.78 Å². The Hall–Kier alpha value is -1.05. The molecule has 1 aliphatic heterocycles. The van der Waals surface area contributed by atoms with E-state index in [1.54, 1.807) is 0 Å². The van der Waals surface area contributed by atoms with E-state index in [9.17, 15) is 17.2 Å². The molecule has 2 rings (SSSR count). The molecule has 0 amide bonds. The Morgan fingerprint density at radius 3 is 2.71 bits per heavy atom. The summed E-state index contributed by atoms with van der Waals surface area (Å²) in [6.07, 6.45) is 1.86. The van der Waals surface area contributed by atoms with E-state index in [1.165, 1.54) is 16.6 Å². The number of piperidine rings is 1. The molecule has 1 aromatic carbocycles. The first-order chi connectivity index (χ1) is 9.77. The molecule has 1 saturated heterocycles. The number of nitrogens with zero attached hydrogens (tertiary/aromatic N) is 1. The minimum Gasteiger partial charge on any atom is -0.309 e. The molecule has 1 heterocycles. The second-order valence-corrected chi connectivity index (χ2v) is 7.59. The second-order valence-electron chi connectivity index (χ2n) is 5.61. The summed E-state index contributed by atoms with van der Waals surface area (Å²) in [5.74, 6) is -0.789. The number of nitrogens with one attached hydrogen (secondary N) is 1. The Bertz CT molecular complexity index is 607. The molecule has 7 heteroatoms. The van der Waals surface area contributed by atoms with Crippen molar-refractivity contribution in [2.24, 2.45) is 5.92 Å². The normalized spacial score (nSPS) is 24.2. The van der Waals surface area contributed by atoms with Gasteiger partial charge in [0.15, 0.2) is 0 Å². The van der Waals surface area contributed by atoms with Crippen LogP contribution in [0.15, 0.2) is 18.2 Å². The summed E-state index contributed by atoms with van der Waals surface area (Å²) in [5, 5.41) is 3.20. The molecule has 0 unspecified atom stereocenters. The van der Waals surface area contributed by atoms with Gasteiger partial charge in [0.25, 0.3) is 0 Å². The van der Waals surface area contributed by atoms with E-state index in [4.69, 9.17) is 0 Å². The van der Waals surface area contributed by atoms with Crippen molar-refractivity contribution >= 4 is 10.0 Å². The van der Waals surface area contributed by atoms with Gasteiger partial charge >= 0.3 is 0 Å². The van der Waals surface area contributed by atoms with Crippen LogP contribution in [0.25, 0.3) is 0 Å². The summed E-state index contributed by atoms with van der Waals surface area (Å²) >= 11 is 0. The average Bonchev–Trinajstić information content (AvgIpc) is 2.40. The van der Waals surface area contributed by atoms with Crippen molar-refractivity contribution in [1.29, 1.82) is 0 Å². The fraction of sp³-hybridized carbons (Fsp3) is 0.571. The van der Waals surface area contributed by atoms with Crippen molar-refractivity contribution in [2.75, 3.05) is 19.3 Å². The van der Waals surface area contributed by atoms with Gasteiger partial charge in [-0.25, -0.2) is 21.5 Å². The third-order valence-electron chi connectivity index (χ3n) is 3.90. The van der Waals surface area contributed by atoms with E-state index in [1.807, 2.05) is 6.92 Å². The average molecular weight is 318 g/mol. The first-order valence-electron chi connectivity index (χ1n) is 6.90. The Morgan fingerprint density at radius 1 is 1.38 bits per heavy atom. The van der Waals surface area contributed by atoms with E-state index in [0.29, 0.717) is 19.5 Å². The van der Waals surface area contributed by atoms with Gasteiger partial charge in [-0.3, -0.25) is 0 Å². The van der Waals surface area contributed by atoms with Gasteiger partial charge in [0.1, 0.15) is 11.6 Å². The smallest absolute Gasteiger partial charge is 0.211 e. The monoisotopic (exact) mass is 318 g/mol. The zero-order valence-corrected chi connectivity index (χ0v) is 13.0. The third kappa shape index (κ3) is 4.21. The summed E-state index contributed by atoms with van der Waals surface area (Å²) in [6, 6.07) is 3.47. The van der Waals surface area contributed by atoms with Gasteiger partial charge in [-0.15, -0.1) is 0 Å². The molecule has 21 heavy (non-hydrogen) atoms. The van der Waals surface area contributed by atoms with Crippen molar-refractivity contribution < 1.29 is 17.2 Å². The topological polar surface area (TPSA) is 49.4 Å². The molecule has 1 fully saturated rings. The van der Waals surface area contributed by atoms with Gasteiger partial charge < -0.3 is 5.32 Å². The fourth-order valence-corrected chi connectivity index (χ4v) is 3.57. The summed E-state index contributed by atoms with van der Waals surface area (Å²) in [5.41, 5.74) is 0.285. The number of benzene rings is 1. The highest BCUT2D eigenvalue weighted by atomic mass is 32.2. The van der Waals surface area contributed by atoms with E-state index >= 15 is 0 Å². The molecule has 2 atom stereocenters. The zero-order valence-electron chi connectivity index (χ0n) is 12.1. The Kier molecular flexibility index (Phi) is 4.95. The summed E-state index contributed by atoms with van der Waals surface area (Å²) in [6.45, 7) is 3.09. The molecule has 1 aromatic rings. The van der Waals surface area contributed by atoms with E-state index < -0.39 is 21.7 Å².